The quantitative estimate of drug-likeness (QED) is 0.324. The fourth-order valence-electron chi connectivity index (χ4n) is 3.06. The number of hydrogen-bond donors (Lipinski definition) is 3. The fraction of sp³-hybridized carbons (Fsp3) is 0.632. The molecule has 15 heteroatoms. The Morgan fingerprint density at radius 2 is 1.76 bits per heavy atom. The maximum atomic E-state index is 12.9. The van der Waals surface area contributed by atoms with Gasteiger partial charge in [-0.2, -0.15) is 0 Å². The lowest BCUT2D eigenvalue weighted by Crippen LogP contribution is -2.42. The molecule has 192 valence electrons. The number of aliphatic hydroxyl groups excluding tert-OH is 1. The predicted molar refractivity (Wildman–Crippen MR) is 123 cm³/mol. The Morgan fingerprint density at radius 3 is 2.32 bits per heavy atom. The fourth-order valence-corrected chi connectivity index (χ4v) is 8.18. The van der Waals surface area contributed by atoms with Crippen LogP contribution in [0.2, 0.25) is 0 Å². The number of nitrogens with one attached hydrogen (secondary N) is 2. The summed E-state index contributed by atoms with van der Waals surface area (Å²) in [5, 5.41) is 11.5. The molecule has 2 aliphatic heterocycles. The van der Waals surface area contributed by atoms with Gasteiger partial charge in [0.2, 0.25) is 0 Å². The largest absolute Gasteiger partial charge is 0.450 e. The third-order valence-electron chi connectivity index (χ3n) is 4.98. The lowest BCUT2D eigenvalue weighted by Gasteiger charge is -2.23. The number of hydrogen-bond acceptors (Lipinski definition) is 12. The second-order valence-corrected chi connectivity index (χ2v) is 13.3. The highest BCUT2D eigenvalue weighted by Crippen LogP contribution is 2.47. The summed E-state index contributed by atoms with van der Waals surface area (Å²) >= 11 is 0.553. The summed E-state index contributed by atoms with van der Waals surface area (Å²) in [4.78, 5) is 35.8. The summed E-state index contributed by atoms with van der Waals surface area (Å²) in [6.07, 6.45) is -2.91. The summed E-state index contributed by atoms with van der Waals surface area (Å²) < 4.78 is 61.9. The topological polar surface area (TPSA) is 182 Å². The smallest absolute Gasteiger partial charge is 0.347 e. The molecule has 0 saturated heterocycles. The van der Waals surface area contributed by atoms with E-state index in [1.807, 2.05) is 0 Å². The monoisotopic (exact) mass is 540 g/mol. The molecule has 0 bridgehead atoms. The molecule has 0 aliphatic carbocycles. The minimum absolute atomic E-state index is 0.0468. The Morgan fingerprint density at radius 1 is 1.18 bits per heavy atom. The molecule has 12 nitrogen and oxygen atoms in total. The van der Waals surface area contributed by atoms with E-state index in [1.165, 1.54) is 6.08 Å². The molecule has 1 amide bonds. The van der Waals surface area contributed by atoms with Crippen molar-refractivity contribution in [3.8, 4) is 0 Å². The minimum Gasteiger partial charge on any atom is -0.450 e. The number of aliphatic hydroxyl groups is 1. The van der Waals surface area contributed by atoms with Crippen LogP contribution in [-0.2, 0) is 43.7 Å². The van der Waals surface area contributed by atoms with Crippen LogP contribution in [-0.4, -0.2) is 75.9 Å². The first-order chi connectivity index (χ1) is 15.6. The molecule has 2 heterocycles. The number of carbonyl (C=O) groups is 3. The Labute approximate surface area is 202 Å². The number of thioether (sulfide) groups is 1. The number of sulfonamides is 1. The molecule has 3 N–H and O–H groups in total. The van der Waals surface area contributed by atoms with Crippen LogP contribution >= 0.6 is 11.8 Å². The maximum absolute atomic E-state index is 12.9. The zero-order chi connectivity index (χ0) is 26.0. The number of esters is 2. The van der Waals surface area contributed by atoms with Crippen LogP contribution in [0.4, 0.5) is 0 Å². The highest BCUT2D eigenvalue weighted by molar-refractivity contribution is 8.28. The van der Waals surface area contributed by atoms with Crippen LogP contribution in [0.5, 0.6) is 0 Å². The van der Waals surface area contributed by atoms with E-state index in [0.29, 0.717) is 23.9 Å². The number of sulfone groups is 1. The van der Waals surface area contributed by atoms with Crippen LogP contribution in [0.25, 0.3) is 0 Å². The van der Waals surface area contributed by atoms with Crippen molar-refractivity contribution in [2.45, 2.75) is 70.6 Å². The van der Waals surface area contributed by atoms with Gasteiger partial charge in [-0.1, -0.05) is 18.7 Å². The maximum Gasteiger partial charge on any atom is 0.347 e. The van der Waals surface area contributed by atoms with Gasteiger partial charge < -0.3 is 19.9 Å². The van der Waals surface area contributed by atoms with E-state index in [2.05, 4.69) is 10.1 Å². The van der Waals surface area contributed by atoms with E-state index in [9.17, 15) is 31.2 Å². The Bertz CT molecular complexity index is 1120. The summed E-state index contributed by atoms with van der Waals surface area (Å²) in [5.74, 6) is -3.40. The van der Waals surface area contributed by atoms with E-state index in [0.717, 1.165) is 20.8 Å². The van der Waals surface area contributed by atoms with Gasteiger partial charge in [-0.25, -0.2) is 31.1 Å². The van der Waals surface area contributed by atoms with Crippen LogP contribution in [0, 0.1) is 0 Å². The van der Waals surface area contributed by atoms with E-state index in [-0.39, 0.29) is 14.9 Å². The van der Waals surface area contributed by atoms with Gasteiger partial charge in [0.05, 0.1) is 11.3 Å². The number of rotatable bonds is 9. The summed E-state index contributed by atoms with van der Waals surface area (Å²) in [7, 11) is -8.20. The van der Waals surface area contributed by atoms with E-state index < -0.39 is 67.3 Å². The molecule has 2 rings (SSSR count). The zero-order valence-corrected chi connectivity index (χ0v) is 21.7. The Hall–Kier alpha value is -1.94. The van der Waals surface area contributed by atoms with Crippen molar-refractivity contribution >= 4 is 49.5 Å². The second kappa shape index (κ2) is 10.8. The van der Waals surface area contributed by atoms with Crippen LogP contribution in [0.1, 0.15) is 41.0 Å². The van der Waals surface area contributed by atoms with Crippen molar-refractivity contribution in [2.75, 3.05) is 6.54 Å². The van der Waals surface area contributed by atoms with Gasteiger partial charge in [0, 0.05) is 0 Å². The number of amides is 1. The SMILES string of the molecule is CCN[C@H]1C=C(S(=O)(=O)NC(=O)[C@H](C)OC(=O)[C@H](C)OC(=O)[C@H](C)O)SC2=C1C[C@H](C)S2(=O)=O. The van der Waals surface area contributed by atoms with Crippen LogP contribution in [0.15, 0.2) is 20.1 Å². The number of ether oxygens (including phenoxy) is 2. The molecular weight excluding hydrogens is 512 g/mol. The first-order valence-electron chi connectivity index (χ1n) is 10.4. The molecule has 0 aromatic carbocycles. The van der Waals surface area contributed by atoms with Gasteiger partial charge in [-0.3, -0.25) is 4.79 Å². The summed E-state index contributed by atoms with van der Waals surface area (Å²) in [5.41, 5.74) is 0.577. The van der Waals surface area contributed by atoms with Crippen molar-refractivity contribution in [2.24, 2.45) is 0 Å². The van der Waals surface area contributed by atoms with Crippen LogP contribution < -0.4 is 10.0 Å². The molecule has 0 radical (unpaired) electrons. The van der Waals surface area contributed by atoms with Gasteiger partial charge in [0.1, 0.15) is 14.6 Å². The molecule has 0 unspecified atom stereocenters. The Kier molecular flexibility index (Phi) is 8.96. The minimum atomic E-state index is -4.50. The predicted octanol–water partition coefficient (Wildman–Crippen LogP) is -0.338. The van der Waals surface area contributed by atoms with Gasteiger partial charge in [0.25, 0.3) is 15.9 Å². The van der Waals surface area contributed by atoms with Crippen molar-refractivity contribution < 1.29 is 45.8 Å². The standard InChI is InChI=1S/C19H28N2O10S3/c1-6-20-14-8-15(32-19-13(14)7-9(2)33(19,26)27)34(28,29)21-16(23)11(4)30-18(25)12(5)31-17(24)10(3)22/h8-12,14,20,22H,6-7H2,1-5H3,(H,21,23)/t9-,10-,11-,12-,14-/m0/s1. The third-order valence-corrected chi connectivity index (χ3v) is 10.8. The molecule has 0 fully saturated rings. The highest BCUT2D eigenvalue weighted by atomic mass is 32.3. The van der Waals surface area contributed by atoms with E-state index in [1.54, 1.807) is 18.6 Å². The molecule has 0 aromatic rings. The summed E-state index contributed by atoms with van der Waals surface area (Å²) in [6.45, 7) is 7.18. The van der Waals surface area contributed by atoms with Crippen molar-refractivity contribution in [1.82, 2.24) is 10.0 Å². The first kappa shape index (κ1) is 28.3. The first-order valence-corrected chi connectivity index (χ1v) is 14.2. The number of carbonyl (C=O) groups excluding carboxylic acids is 3. The molecule has 34 heavy (non-hydrogen) atoms. The van der Waals surface area contributed by atoms with Gasteiger partial charge in [0.15, 0.2) is 22.0 Å². The highest BCUT2D eigenvalue weighted by Gasteiger charge is 2.44. The lowest BCUT2D eigenvalue weighted by molar-refractivity contribution is -0.174. The van der Waals surface area contributed by atoms with Gasteiger partial charge in [-0.05, 0) is 52.3 Å². The zero-order valence-electron chi connectivity index (χ0n) is 19.2. The average molecular weight is 541 g/mol. The molecule has 2 aliphatic rings. The van der Waals surface area contributed by atoms with Gasteiger partial charge in [-0.15, -0.1) is 0 Å². The molecule has 0 aromatic heterocycles. The summed E-state index contributed by atoms with van der Waals surface area (Å²) in [6, 6.07) is -0.637. The van der Waals surface area contributed by atoms with E-state index in [4.69, 9.17) is 9.84 Å². The molecule has 0 spiro atoms. The molecule has 0 saturated carbocycles. The lowest BCUT2D eigenvalue weighted by atomic mass is 10.0. The molecular formula is C19H28N2O10S3. The number of likely N-dealkylation sites (N-methyl/N-ethyl adjacent to an activating group) is 1. The average Bonchev–Trinajstić information content (AvgIpc) is 2.96. The van der Waals surface area contributed by atoms with Crippen molar-refractivity contribution in [3.05, 3.63) is 20.1 Å². The van der Waals surface area contributed by atoms with Crippen LogP contribution in [0.3, 0.4) is 0 Å². The second-order valence-electron chi connectivity index (χ2n) is 7.80. The Balaban J connectivity index is 2.13. The van der Waals surface area contributed by atoms with Gasteiger partial charge >= 0.3 is 11.9 Å². The molecule has 5 atom stereocenters. The van der Waals surface area contributed by atoms with Crippen molar-refractivity contribution in [1.29, 1.82) is 0 Å². The van der Waals surface area contributed by atoms with Crippen molar-refractivity contribution in [3.63, 3.8) is 0 Å². The normalized spacial score (nSPS) is 24.4. The third kappa shape index (κ3) is 6.19. The van der Waals surface area contributed by atoms with E-state index >= 15 is 0 Å².